The Bertz CT molecular complexity index is 417. The van der Waals surface area contributed by atoms with Crippen molar-refractivity contribution in [3.8, 4) is 5.75 Å². The summed E-state index contributed by atoms with van der Waals surface area (Å²) in [6.07, 6.45) is 5.01. The molecule has 1 aliphatic rings. The molecule has 2 rings (SSSR count). The van der Waals surface area contributed by atoms with Crippen LogP contribution in [-0.4, -0.2) is 17.1 Å². The van der Waals surface area contributed by atoms with Gasteiger partial charge in [0.15, 0.2) is 0 Å². The van der Waals surface area contributed by atoms with E-state index in [4.69, 9.17) is 0 Å². The average Bonchev–Trinajstić information content (AvgIpc) is 2.28. The van der Waals surface area contributed by atoms with Crippen LogP contribution in [-0.2, 0) is 11.2 Å². The van der Waals surface area contributed by atoms with Crippen LogP contribution in [0, 0.1) is 5.92 Å². The fourth-order valence-electron chi connectivity index (χ4n) is 2.70. The molecule has 0 aromatic heterocycles. The maximum atomic E-state index is 11.9. The summed E-state index contributed by atoms with van der Waals surface area (Å²) in [4.78, 5) is 11.9. The van der Waals surface area contributed by atoms with Gasteiger partial charge in [0.05, 0.1) is 6.42 Å². The number of phenolic OH excluding ortho intramolecular Hbond substituents is 1. The van der Waals surface area contributed by atoms with Gasteiger partial charge >= 0.3 is 0 Å². The molecule has 2 atom stereocenters. The summed E-state index contributed by atoms with van der Waals surface area (Å²) < 4.78 is 0. The number of rotatable bonds is 3. The molecular weight excluding hydrogens is 226 g/mol. The van der Waals surface area contributed by atoms with Crippen molar-refractivity contribution in [2.75, 3.05) is 0 Å². The van der Waals surface area contributed by atoms with Crippen LogP contribution in [0.1, 0.15) is 38.2 Å². The van der Waals surface area contributed by atoms with Crippen LogP contribution in [0.4, 0.5) is 0 Å². The zero-order valence-electron chi connectivity index (χ0n) is 10.9. The molecule has 1 saturated carbocycles. The number of hydrogen-bond donors (Lipinski definition) is 2. The molecule has 1 aliphatic carbocycles. The van der Waals surface area contributed by atoms with Crippen molar-refractivity contribution in [2.24, 2.45) is 5.92 Å². The van der Waals surface area contributed by atoms with Gasteiger partial charge in [-0.15, -0.1) is 0 Å². The first kappa shape index (κ1) is 12.9. The van der Waals surface area contributed by atoms with Gasteiger partial charge in [0.1, 0.15) is 5.75 Å². The maximum Gasteiger partial charge on any atom is 0.224 e. The van der Waals surface area contributed by atoms with Crippen LogP contribution >= 0.6 is 0 Å². The van der Waals surface area contributed by atoms with E-state index in [2.05, 4.69) is 12.2 Å². The number of carbonyl (C=O) groups is 1. The molecule has 18 heavy (non-hydrogen) atoms. The Hall–Kier alpha value is -1.51. The number of phenols is 1. The van der Waals surface area contributed by atoms with Crippen LogP contribution < -0.4 is 5.32 Å². The Morgan fingerprint density at radius 3 is 3.00 bits per heavy atom. The molecule has 0 aliphatic heterocycles. The summed E-state index contributed by atoms with van der Waals surface area (Å²) >= 11 is 0. The van der Waals surface area contributed by atoms with Gasteiger partial charge in [-0.1, -0.05) is 31.9 Å². The quantitative estimate of drug-likeness (QED) is 0.862. The van der Waals surface area contributed by atoms with Crippen LogP contribution in [0.2, 0.25) is 0 Å². The first-order valence-electron chi connectivity index (χ1n) is 6.71. The van der Waals surface area contributed by atoms with E-state index in [1.807, 2.05) is 6.07 Å². The third-order valence-corrected chi connectivity index (χ3v) is 3.58. The molecular formula is C15H21NO2. The molecule has 0 saturated heterocycles. The van der Waals surface area contributed by atoms with Crippen LogP contribution in [0.25, 0.3) is 0 Å². The number of amides is 1. The lowest BCUT2D eigenvalue weighted by Crippen LogP contribution is -2.38. The summed E-state index contributed by atoms with van der Waals surface area (Å²) in [6.45, 7) is 2.24. The Morgan fingerprint density at radius 2 is 2.28 bits per heavy atom. The average molecular weight is 247 g/mol. The summed E-state index contributed by atoms with van der Waals surface area (Å²) in [5, 5.41) is 12.4. The Labute approximate surface area is 108 Å². The molecule has 3 heteroatoms. The molecule has 1 aromatic rings. The highest BCUT2D eigenvalue weighted by Crippen LogP contribution is 2.23. The minimum absolute atomic E-state index is 0.0553. The second-order valence-corrected chi connectivity index (χ2v) is 5.38. The van der Waals surface area contributed by atoms with Crippen molar-refractivity contribution in [3.05, 3.63) is 29.8 Å². The predicted octanol–water partition coefficient (Wildman–Crippen LogP) is 2.63. The van der Waals surface area contributed by atoms with Gasteiger partial charge in [-0.3, -0.25) is 4.79 Å². The molecule has 2 N–H and O–H groups in total. The number of hydrogen-bond acceptors (Lipinski definition) is 2. The second-order valence-electron chi connectivity index (χ2n) is 5.38. The first-order valence-corrected chi connectivity index (χ1v) is 6.71. The summed E-state index contributed by atoms with van der Waals surface area (Å²) in [5.74, 6) is 0.983. The smallest absolute Gasteiger partial charge is 0.224 e. The van der Waals surface area contributed by atoms with Crippen molar-refractivity contribution in [2.45, 2.75) is 45.1 Å². The van der Waals surface area contributed by atoms with Gasteiger partial charge in [0.25, 0.3) is 0 Å². The van der Waals surface area contributed by atoms with Gasteiger partial charge in [-0.2, -0.15) is 0 Å². The van der Waals surface area contributed by atoms with Gasteiger partial charge in [0.2, 0.25) is 5.91 Å². The third kappa shape index (κ3) is 3.76. The summed E-state index contributed by atoms with van der Waals surface area (Å²) in [7, 11) is 0. The van der Waals surface area contributed by atoms with E-state index >= 15 is 0 Å². The normalized spacial score (nSPS) is 23.6. The third-order valence-electron chi connectivity index (χ3n) is 3.58. The van der Waals surface area contributed by atoms with Gasteiger partial charge in [0, 0.05) is 6.04 Å². The number of benzene rings is 1. The maximum absolute atomic E-state index is 11.9. The highest BCUT2D eigenvalue weighted by atomic mass is 16.3. The monoisotopic (exact) mass is 247 g/mol. The van der Waals surface area contributed by atoms with E-state index in [0.29, 0.717) is 18.4 Å². The zero-order chi connectivity index (χ0) is 13.0. The van der Waals surface area contributed by atoms with Crippen molar-refractivity contribution in [3.63, 3.8) is 0 Å². The fraction of sp³-hybridized carbons (Fsp3) is 0.533. The number of nitrogens with one attached hydrogen (secondary N) is 1. The van der Waals surface area contributed by atoms with Gasteiger partial charge in [-0.25, -0.2) is 0 Å². The lowest BCUT2D eigenvalue weighted by Gasteiger charge is -2.27. The van der Waals surface area contributed by atoms with E-state index in [-0.39, 0.29) is 11.7 Å². The van der Waals surface area contributed by atoms with E-state index < -0.39 is 0 Å². The number of aromatic hydroxyl groups is 1. The molecule has 0 heterocycles. The molecule has 98 valence electrons. The minimum atomic E-state index is 0.0553. The summed E-state index contributed by atoms with van der Waals surface area (Å²) in [5.41, 5.74) is 0.858. The highest BCUT2D eigenvalue weighted by Gasteiger charge is 2.20. The van der Waals surface area contributed by atoms with E-state index in [1.54, 1.807) is 18.2 Å². The zero-order valence-corrected chi connectivity index (χ0v) is 10.9. The molecule has 2 unspecified atom stereocenters. The lowest BCUT2D eigenvalue weighted by atomic mass is 9.87. The molecule has 1 aromatic carbocycles. The lowest BCUT2D eigenvalue weighted by molar-refractivity contribution is -0.121. The second kappa shape index (κ2) is 5.89. The standard InChI is InChI=1S/C15H21NO2/c1-11-4-2-6-13(8-11)16-15(18)10-12-5-3-7-14(17)9-12/h3,5,7,9,11,13,17H,2,4,6,8,10H2,1H3,(H,16,18). The highest BCUT2D eigenvalue weighted by molar-refractivity contribution is 5.78. The Balaban J connectivity index is 1.85. The van der Waals surface area contributed by atoms with Crippen LogP contribution in [0.5, 0.6) is 5.75 Å². The van der Waals surface area contributed by atoms with Gasteiger partial charge in [-0.05, 0) is 36.5 Å². The van der Waals surface area contributed by atoms with Crippen molar-refractivity contribution >= 4 is 5.91 Å². The van der Waals surface area contributed by atoms with Gasteiger partial charge < -0.3 is 10.4 Å². The number of carbonyl (C=O) groups excluding carboxylic acids is 1. The molecule has 0 bridgehead atoms. The molecule has 3 nitrogen and oxygen atoms in total. The first-order chi connectivity index (χ1) is 8.63. The van der Waals surface area contributed by atoms with Crippen molar-refractivity contribution in [1.29, 1.82) is 0 Å². The largest absolute Gasteiger partial charge is 0.508 e. The predicted molar refractivity (Wildman–Crippen MR) is 71.4 cm³/mol. The minimum Gasteiger partial charge on any atom is -0.508 e. The van der Waals surface area contributed by atoms with E-state index in [0.717, 1.165) is 18.4 Å². The van der Waals surface area contributed by atoms with E-state index in [1.165, 1.54) is 12.8 Å². The fourth-order valence-corrected chi connectivity index (χ4v) is 2.70. The SMILES string of the molecule is CC1CCCC(NC(=O)Cc2cccc(O)c2)C1. The summed E-state index contributed by atoms with van der Waals surface area (Å²) in [6, 6.07) is 7.22. The molecule has 0 radical (unpaired) electrons. The molecule has 0 spiro atoms. The molecule has 1 amide bonds. The molecule has 1 fully saturated rings. The Morgan fingerprint density at radius 1 is 1.44 bits per heavy atom. The van der Waals surface area contributed by atoms with Crippen molar-refractivity contribution in [1.82, 2.24) is 5.32 Å². The topological polar surface area (TPSA) is 49.3 Å². The van der Waals surface area contributed by atoms with Crippen molar-refractivity contribution < 1.29 is 9.90 Å². The Kier molecular flexibility index (Phi) is 4.24. The van der Waals surface area contributed by atoms with Crippen LogP contribution in [0.3, 0.4) is 0 Å². The van der Waals surface area contributed by atoms with E-state index in [9.17, 15) is 9.90 Å². The van der Waals surface area contributed by atoms with Crippen LogP contribution in [0.15, 0.2) is 24.3 Å².